The average molecular weight is 346 g/mol. The SMILES string of the molecule is Cc1ccc(NC(=O)c2ccco2)c(NC(=O)C=Cc2ccccc2)c1. The number of amides is 2. The van der Waals surface area contributed by atoms with Gasteiger partial charge in [0.05, 0.1) is 17.6 Å². The molecule has 5 nitrogen and oxygen atoms in total. The maximum atomic E-state index is 12.2. The predicted octanol–water partition coefficient (Wildman–Crippen LogP) is 4.49. The summed E-state index contributed by atoms with van der Waals surface area (Å²) in [5.41, 5.74) is 2.91. The van der Waals surface area contributed by atoms with Gasteiger partial charge in [0.2, 0.25) is 5.91 Å². The van der Waals surface area contributed by atoms with Crippen molar-refractivity contribution in [1.82, 2.24) is 0 Å². The van der Waals surface area contributed by atoms with Crippen molar-refractivity contribution in [3.8, 4) is 0 Å². The summed E-state index contributed by atoms with van der Waals surface area (Å²) in [4.78, 5) is 24.4. The first-order chi connectivity index (χ1) is 12.6. The van der Waals surface area contributed by atoms with Crippen LogP contribution in [0.4, 0.5) is 11.4 Å². The number of hydrogen-bond donors (Lipinski definition) is 2. The lowest BCUT2D eigenvalue weighted by molar-refractivity contribution is -0.111. The van der Waals surface area contributed by atoms with Crippen molar-refractivity contribution in [2.75, 3.05) is 10.6 Å². The number of furan rings is 1. The third-order valence-electron chi connectivity index (χ3n) is 3.65. The normalized spacial score (nSPS) is 10.7. The van der Waals surface area contributed by atoms with Crippen LogP contribution in [0.2, 0.25) is 0 Å². The van der Waals surface area contributed by atoms with Gasteiger partial charge in [0, 0.05) is 6.08 Å². The van der Waals surface area contributed by atoms with Crippen molar-refractivity contribution in [3.63, 3.8) is 0 Å². The van der Waals surface area contributed by atoms with Crippen LogP contribution in [0.5, 0.6) is 0 Å². The molecule has 3 rings (SSSR count). The first-order valence-corrected chi connectivity index (χ1v) is 8.11. The van der Waals surface area contributed by atoms with E-state index in [-0.39, 0.29) is 17.6 Å². The molecule has 2 aromatic carbocycles. The van der Waals surface area contributed by atoms with Crippen LogP contribution in [0.1, 0.15) is 21.7 Å². The van der Waals surface area contributed by atoms with Crippen molar-refractivity contribution >= 4 is 29.3 Å². The van der Waals surface area contributed by atoms with Crippen molar-refractivity contribution in [2.45, 2.75) is 6.92 Å². The molecule has 130 valence electrons. The number of benzene rings is 2. The second-order valence-electron chi connectivity index (χ2n) is 5.71. The quantitative estimate of drug-likeness (QED) is 0.669. The Morgan fingerprint density at radius 3 is 2.46 bits per heavy atom. The number of aryl methyl sites for hydroxylation is 1. The minimum absolute atomic E-state index is 0.201. The molecule has 2 amide bonds. The fourth-order valence-electron chi connectivity index (χ4n) is 2.37. The second-order valence-corrected chi connectivity index (χ2v) is 5.71. The Hall–Kier alpha value is -3.60. The van der Waals surface area contributed by atoms with E-state index in [1.54, 1.807) is 30.3 Å². The minimum atomic E-state index is -0.380. The first-order valence-electron chi connectivity index (χ1n) is 8.11. The smallest absolute Gasteiger partial charge is 0.291 e. The minimum Gasteiger partial charge on any atom is -0.459 e. The molecule has 0 aliphatic heterocycles. The summed E-state index contributed by atoms with van der Waals surface area (Å²) in [6.45, 7) is 1.91. The molecule has 0 saturated heterocycles. The molecule has 0 atom stereocenters. The Bertz CT molecular complexity index is 929. The largest absolute Gasteiger partial charge is 0.459 e. The summed E-state index contributed by atoms with van der Waals surface area (Å²) in [7, 11) is 0. The Morgan fingerprint density at radius 1 is 0.923 bits per heavy atom. The van der Waals surface area contributed by atoms with Crippen molar-refractivity contribution in [3.05, 3.63) is 89.9 Å². The van der Waals surface area contributed by atoms with Gasteiger partial charge in [-0.1, -0.05) is 36.4 Å². The molecule has 0 unspecified atom stereocenters. The summed E-state index contributed by atoms with van der Waals surface area (Å²) in [5, 5.41) is 5.55. The topological polar surface area (TPSA) is 71.3 Å². The standard InChI is InChI=1S/C21H18N2O3/c1-15-9-11-17(23-21(25)19-8-5-13-26-19)18(14-15)22-20(24)12-10-16-6-3-2-4-7-16/h2-14H,1H3,(H,22,24)(H,23,25). The number of carbonyl (C=O) groups excluding carboxylic acids is 2. The van der Waals surface area contributed by atoms with Crippen LogP contribution >= 0.6 is 0 Å². The summed E-state index contributed by atoms with van der Waals surface area (Å²) in [6, 6.07) is 18.1. The third kappa shape index (κ3) is 4.48. The summed E-state index contributed by atoms with van der Waals surface area (Å²) < 4.78 is 5.09. The van der Waals surface area contributed by atoms with E-state index >= 15 is 0 Å². The number of rotatable bonds is 5. The molecule has 5 heteroatoms. The highest BCUT2D eigenvalue weighted by atomic mass is 16.3. The second kappa shape index (κ2) is 7.98. The fraction of sp³-hybridized carbons (Fsp3) is 0.0476. The van der Waals surface area contributed by atoms with E-state index in [9.17, 15) is 9.59 Å². The lowest BCUT2D eigenvalue weighted by atomic mass is 10.1. The zero-order valence-electron chi connectivity index (χ0n) is 14.2. The summed E-state index contributed by atoms with van der Waals surface area (Å²) >= 11 is 0. The molecule has 0 aliphatic rings. The molecular formula is C21H18N2O3. The Morgan fingerprint density at radius 2 is 1.73 bits per heavy atom. The maximum absolute atomic E-state index is 12.2. The van der Waals surface area contributed by atoms with Crippen molar-refractivity contribution in [2.24, 2.45) is 0 Å². The van der Waals surface area contributed by atoms with Crippen molar-refractivity contribution < 1.29 is 14.0 Å². The van der Waals surface area contributed by atoms with Gasteiger partial charge in [-0.2, -0.15) is 0 Å². The van der Waals surface area contributed by atoms with E-state index in [4.69, 9.17) is 4.42 Å². The molecule has 1 aromatic heterocycles. The highest BCUT2D eigenvalue weighted by Crippen LogP contribution is 2.24. The average Bonchev–Trinajstić information content (AvgIpc) is 3.18. The van der Waals surface area contributed by atoms with Gasteiger partial charge in [-0.15, -0.1) is 0 Å². The van der Waals surface area contributed by atoms with E-state index < -0.39 is 0 Å². The lowest BCUT2D eigenvalue weighted by Crippen LogP contribution is -2.15. The highest BCUT2D eigenvalue weighted by molar-refractivity contribution is 6.08. The maximum Gasteiger partial charge on any atom is 0.291 e. The van der Waals surface area contributed by atoms with Gasteiger partial charge in [0.15, 0.2) is 5.76 Å². The zero-order chi connectivity index (χ0) is 18.4. The molecule has 0 bridgehead atoms. The number of carbonyl (C=O) groups is 2. The van der Waals surface area contributed by atoms with Gasteiger partial charge < -0.3 is 15.1 Å². The molecule has 0 spiro atoms. The van der Waals surface area contributed by atoms with Crippen LogP contribution in [0.3, 0.4) is 0 Å². The van der Waals surface area contributed by atoms with Gasteiger partial charge in [0.1, 0.15) is 0 Å². The van der Waals surface area contributed by atoms with Crippen LogP contribution in [-0.4, -0.2) is 11.8 Å². The summed E-state index contributed by atoms with van der Waals surface area (Å²) in [5.74, 6) is -0.464. The Balaban J connectivity index is 1.74. The van der Waals surface area contributed by atoms with Crippen molar-refractivity contribution in [1.29, 1.82) is 0 Å². The van der Waals surface area contributed by atoms with Gasteiger partial charge >= 0.3 is 0 Å². The molecule has 26 heavy (non-hydrogen) atoms. The molecule has 0 aliphatic carbocycles. The van der Waals surface area contributed by atoms with Gasteiger partial charge in [0.25, 0.3) is 5.91 Å². The number of hydrogen-bond acceptors (Lipinski definition) is 3. The lowest BCUT2D eigenvalue weighted by Gasteiger charge is -2.11. The predicted molar refractivity (Wildman–Crippen MR) is 102 cm³/mol. The first kappa shape index (κ1) is 17.2. The highest BCUT2D eigenvalue weighted by Gasteiger charge is 2.12. The van der Waals surface area contributed by atoms with Gasteiger partial charge in [-0.05, 0) is 48.4 Å². The molecule has 2 N–H and O–H groups in total. The number of anilines is 2. The van der Waals surface area contributed by atoms with Gasteiger partial charge in [-0.3, -0.25) is 9.59 Å². The van der Waals surface area contributed by atoms with E-state index in [0.29, 0.717) is 11.4 Å². The molecule has 0 saturated carbocycles. The molecule has 0 fully saturated rings. The van der Waals surface area contributed by atoms with E-state index in [1.807, 2.05) is 43.3 Å². The fourth-order valence-corrected chi connectivity index (χ4v) is 2.37. The molecule has 0 radical (unpaired) electrons. The molecule has 1 heterocycles. The summed E-state index contributed by atoms with van der Waals surface area (Å²) in [6.07, 6.45) is 4.61. The third-order valence-corrected chi connectivity index (χ3v) is 3.65. The van der Waals surface area contributed by atoms with Crippen LogP contribution < -0.4 is 10.6 Å². The van der Waals surface area contributed by atoms with Crippen LogP contribution in [-0.2, 0) is 4.79 Å². The molecule has 3 aromatic rings. The van der Waals surface area contributed by atoms with E-state index in [0.717, 1.165) is 11.1 Å². The van der Waals surface area contributed by atoms with E-state index in [1.165, 1.54) is 12.3 Å². The molecular weight excluding hydrogens is 328 g/mol. The van der Waals surface area contributed by atoms with E-state index in [2.05, 4.69) is 10.6 Å². The zero-order valence-corrected chi connectivity index (χ0v) is 14.2. The monoisotopic (exact) mass is 346 g/mol. The Kier molecular flexibility index (Phi) is 5.29. The van der Waals surface area contributed by atoms with Crippen LogP contribution in [0, 0.1) is 6.92 Å². The van der Waals surface area contributed by atoms with Gasteiger partial charge in [-0.25, -0.2) is 0 Å². The number of nitrogens with one attached hydrogen (secondary N) is 2. The van der Waals surface area contributed by atoms with Crippen LogP contribution in [0.15, 0.2) is 77.4 Å². The van der Waals surface area contributed by atoms with Crippen LogP contribution in [0.25, 0.3) is 6.08 Å². The Labute approximate surface area is 151 Å².